The number of aliphatic hydroxyl groups excluding tert-OH is 3. The van der Waals surface area contributed by atoms with Crippen molar-refractivity contribution in [3.05, 3.63) is 0 Å². The first-order chi connectivity index (χ1) is 14.9. The molecule has 18 nitrogen and oxygen atoms in total. The number of methoxy groups -OCH3 is 1. The van der Waals surface area contributed by atoms with E-state index in [4.69, 9.17) is 29.0 Å². The van der Waals surface area contributed by atoms with Crippen molar-refractivity contribution in [3.63, 3.8) is 0 Å². The molecule has 0 aromatic carbocycles. The van der Waals surface area contributed by atoms with E-state index in [9.17, 15) is 38.7 Å². The fourth-order valence-corrected chi connectivity index (χ4v) is 4.85. The van der Waals surface area contributed by atoms with Crippen LogP contribution in [0.1, 0.15) is 6.92 Å². The van der Waals surface area contributed by atoms with Crippen molar-refractivity contribution in [3.8, 4) is 0 Å². The Hall–Kier alpha value is -0.360. The van der Waals surface area contributed by atoms with Crippen molar-refractivity contribution in [1.82, 2.24) is 0 Å². The number of aliphatic hydroxyl groups is 3. The van der Waals surface area contributed by atoms with E-state index >= 15 is 0 Å². The van der Waals surface area contributed by atoms with Crippen LogP contribution in [0.15, 0.2) is 0 Å². The van der Waals surface area contributed by atoms with Gasteiger partial charge in [-0.25, -0.2) is 13.7 Å². The maximum Gasteiger partial charge on any atom is 0.472 e. The smallest absolute Gasteiger partial charge is 0.458 e. The number of hydrogen-bond donors (Lipinski definition) is 8. The highest BCUT2D eigenvalue weighted by atomic mass is 31.2. The molecule has 1 saturated carbocycles. The molecule has 1 unspecified atom stereocenters. The van der Waals surface area contributed by atoms with Crippen molar-refractivity contribution < 1.29 is 85.8 Å². The van der Waals surface area contributed by atoms with Crippen LogP contribution < -0.4 is 0 Å². The van der Waals surface area contributed by atoms with E-state index in [1.165, 1.54) is 7.11 Å². The predicted octanol–water partition coefficient (Wildman–Crippen LogP) is -2.88. The number of carbonyl (C=O) groups excluding carboxylic acids is 1. The van der Waals surface area contributed by atoms with E-state index < -0.39 is 78.8 Å². The van der Waals surface area contributed by atoms with Crippen molar-refractivity contribution in [2.75, 3.05) is 20.3 Å². The largest absolute Gasteiger partial charge is 0.472 e. The summed E-state index contributed by atoms with van der Waals surface area (Å²) in [5.74, 6) is -0.788. The Balaban J connectivity index is 3.09. The molecule has 1 rings (SSSR count). The van der Waals surface area contributed by atoms with Crippen LogP contribution in [0, 0.1) is 0 Å². The molecule has 0 aromatic heterocycles. The highest BCUT2D eigenvalue weighted by Gasteiger charge is 2.56. The molecule has 21 heteroatoms. The van der Waals surface area contributed by atoms with Gasteiger partial charge < -0.3 is 49.3 Å². The van der Waals surface area contributed by atoms with Crippen LogP contribution in [0.2, 0.25) is 0 Å². The third kappa shape index (κ3) is 10.4. The van der Waals surface area contributed by atoms with Gasteiger partial charge in [-0.05, 0) is 0 Å². The Kier molecular flexibility index (Phi) is 11.2. The Morgan fingerprint density at radius 1 is 0.788 bits per heavy atom. The van der Waals surface area contributed by atoms with Gasteiger partial charge in [0.25, 0.3) is 0 Å². The number of phosphoric acid groups is 3. The SMILES string of the molecule is COC[C@@H](COP(=O)(O)O[C@@H]1[C@H](O)[C@H](O)[C@@H](OP(=O)(O)O)[C@H](OP(=O)(O)O)[C@H]1O)OC(C)=O. The fourth-order valence-electron chi connectivity index (χ4n) is 2.75. The van der Waals surface area contributed by atoms with E-state index in [1.807, 2.05) is 0 Å². The number of phosphoric ester groups is 3. The van der Waals surface area contributed by atoms with E-state index in [1.54, 1.807) is 0 Å². The summed E-state index contributed by atoms with van der Waals surface area (Å²) in [6.45, 7) is -0.0211. The molecule has 1 aliphatic carbocycles. The van der Waals surface area contributed by atoms with Crippen molar-refractivity contribution in [2.24, 2.45) is 0 Å². The van der Waals surface area contributed by atoms with Gasteiger partial charge in [0.1, 0.15) is 42.7 Å². The zero-order valence-electron chi connectivity index (χ0n) is 17.0. The monoisotopic (exact) mass is 550 g/mol. The minimum absolute atomic E-state index is 0.271. The van der Waals surface area contributed by atoms with Crippen LogP contribution >= 0.6 is 23.5 Å². The highest BCUT2D eigenvalue weighted by molar-refractivity contribution is 7.47. The number of carbonyl (C=O) groups is 1. The zero-order chi connectivity index (χ0) is 25.8. The van der Waals surface area contributed by atoms with Gasteiger partial charge in [-0.2, -0.15) is 0 Å². The summed E-state index contributed by atoms with van der Waals surface area (Å²) >= 11 is 0. The summed E-state index contributed by atoms with van der Waals surface area (Å²) in [5, 5.41) is 30.6. The fraction of sp³-hybridized carbons (Fsp3) is 0.917. The second-order valence-electron chi connectivity index (χ2n) is 6.61. The molecule has 0 amide bonds. The Labute approximate surface area is 186 Å². The summed E-state index contributed by atoms with van der Waals surface area (Å²) < 4.78 is 61.6. The number of rotatable bonds is 12. The predicted molar refractivity (Wildman–Crippen MR) is 99.9 cm³/mol. The maximum atomic E-state index is 12.3. The van der Waals surface area contributed by atoms with Gasteiger partial charge in [-0.15, -0.1) is 0 Å². The van der Waals surface area contributed by atoms with E-state index in [2.05, 4.69) is 18.1 Å². The lowest BCUT2D eigenvalue weighted by Crippen LogP contribution is -2.65. The second kappa shape index (κ2) is 12.1. The Morgan fingerprint density at radius 3 is 1.67 bits per heavy atom. The van der Waals surface area contributed by atoms with Gasteiger partial charge in [0, 0.05) is 14.0 Å². The second-order valence-corrected chi connectivity index (χ2v) is 10.4. The first-order valence-electron chi connectivity index (χ1n) is 8.71. The minimum atomic E-state index is -5.51. The van der Waals surface area contributed by atoms with Crippen LogP contribution in [-0.4, -0.2) is 109 Å². The summed E-state index contributed by atoms with van der Waals surface area (Å²) in [5.41, 5.74) is 0. The molecule has 0 saturated heterocycles. The summed E-state index contributed by atoms with van der Waals surface area (Å²) in [4.78, 5) is 56.8. The molecule has 0 radical (unpaired) electrons. The average Bonchev–Trinajstić information content (AvgIpc) is 2.62. The van der Waals surface area contributed by atoms with Gasteiger partial charge in [-0.1, -0.05) is 0 Å². The van der Waals surface area contributed by atoms with Gasteiger partial charge in [0.2, 0.25) is 0 Å². The molecule has 196 valence electrons. The van der Waals surface area contributed by atoms with Crippen molar-refractivity contribution in [2.45, 2.75) is 49.7 Å². The number of ether oxygens (including phenoxy) is 2. The molecule has 8 atom stereocenters. The summed E-state index contributed by atoms with van der Waals surface area (Å²) in [6, 6.07) is 0. The molecule has 0 spiro atoms. The quantitative estimate of drug-likeness (QED) is 0.0894. The summed E-state index contributed by atoms with van der Waals surface area (Å²) in [6.07, 6.45) is -15.8. The normalized spacial score (nSPS) is 31.6. The van der Waals surface area contributed by atoms with Crippen LogP contribution in [0.25, 0.3) is 0 Å². The van der Waals surface area contributed by atoms with Gasteiger partial charge in [-0.3, -0.25) is 22.9 Å². The van der Waals surface area contributed by atoms with Crippen molar-refractivity contribution >= 4 is 29.4 Å². The van der Waals surface area contributed by atoms with E-state index in [0.29, 0.717) is 0 Å². The van der Waals surface area contributed by atoms with Gasteiger partial charge in [0.05, 0.1) is 13.2 Å². The zero-order valence-corrected chi connectivity index (χ0v) is 19.6. The topological polar surface area (TPSA) is 286 Å². The van der Waals surface area contributed by atoms with Crippen LogP contribution in [0.3, 0.4) is 0 Å². The Bertz CT molecular complexity index is 793. The maximum absolute atomic E-state index is 12.3. The van der Waals surface area contributed by atoms with Crippen LogP contribution in [-0.2, 0) is 46.1 Å². The van der Waals surface area contributed by atoms with Crippen LogP contribution in [0.4, 0.5) is 0 Å². The van der Waals surface area contributed by atoms with Gasteiger partial charge in [0.15, 0.2) is 0 Å². The summed E-state index contributed by atoms with van der Waals surface area (Å²) in [7, 11) is -15.0. The first-order valence-corrected chi connectivity index (χ1v) is 13.3. The molecule has 0 aromatic rings. The molecule has 0 aliphatic heterocycles. The third-order valence-corrected chi connectivity index (χ3v) is 5.92. The van der Waals surface area contributed by atoms with E-state index in [-0.39, 0.29) is 6.61 Å². The molecule has 1 aliphatic rings. The molecule has 8 N–H and O–H groups in total. The molecule has 1 fully saturated rings. The van der Waals surface area contributed by atoms with Crippen LogP contribution in [0.5, 0.6) is 0 Å². The lowest BCUT2D eigenvalue weighted by atomic mass is 9.85. The molecule has 33 heavy (non-hydrogen) atoms. The lowest BCUT2D eigenvalue weighted by molar-refractivity contribution is -0.213. The molecule has 0 heterocycles. The third-order valence-electron chi connectivity index (χ3n) is 3.90. The molecule has 0 bridgehead atoms. The standard InChI is InChI=1S/C12H25O18P3/c1-5(13)27-6(3-25-2)4-26-33(23,24)30-10-7(14)8(15)11(28-31(17,18)19)12(9(10)16)29-32(20,21)22/h6-12,14-16H,3-4H2,1-2H3,(H,23,24)(H2,17,18,19)(H2,20,21,22)/t6-,7+,8-,9-,10+,11+,12+/m0/s1. The number of esters is 1. The number of hydrogen-bond acceptors (Lipinski definition) is 13. The van der Waals surface area contributed by atoms with E-state index in [0.717, 1.165) is 6.92 Å². The van der Waals surface area contributed by atoms with Gasteiger partial charge >= 0.3 is 29.4 Å². The molecular weight excluding hydrogens is 525 g/mol. The molecular formula is C12H25O18P3. The highest BCUT2D eigenvalue weighted by Crippen LogP contribution is 2.51. The first kappa shape index (κ1) is 30.7. The minimum Gasteiger partial charge on any atom is -0.458 e. The average molecular weight is 550 g/mol. The van der Waals surface area contributed by atoms with Crippen molar-refractivity contribution in [1.29, 1.82) is 0 Å². The Morgan fingerprint density at radius 2 is 1.24 bits per heavy atom. The lowest BCUT2D eigenvalue weighted by Gasteiger charge is -2.44.